The molecular formula is C27H38N4O2. The predicted octanol–water partition coefficient (Wildman–Crippen LogP) is 4.60. The van der Waals surface area contributed by atoms with Crippen LogP contribution in [0.25, 0.3) is 0 Å². The van der Waals surface area contributed by atoms with Gasteiger partial charge in [-0.2, -0.15) is 0 Å². The topological polar surface area (TPSA) is 48.9 Å². The van der Waals surface area contributed by atoms with E-state index in [1.165, 1.54) is 32.1 Å². The Balaban J connectivity index is 1.38. The highest BCUT2D eigenvalue weighted by Gasteiger charge is 2.28. The summed E-state index contributed by atoms with van der Waals surface area (Å²) < 4.78 is 5.56. The summed E-state index contributed by atoms with van der Waals surface area (Å²) in [6.45, 7) is 6.74. The van der Waals surface area contributed by atoms with E-state index in [0.717, 1.165) is 43.4 Å². The fraction of sp³-hybridized carbons (Fsp3) is 0.556. The third kappa shape index (κ3) is 6.05. The van der Waals surface area contributed by atoms with E-state index in [0.29, 0.717) is 18.9 Å². The Kier molecular flexibility index (Phi) is 8.21. The molecule has 4 rings (SSSR count). The molecule has 0 N–H and O–H groups in total. The van der Waals surface area contributed by atoms with E-state index in [2.05, 4.69) is 33.8 Å². The van der Waals surface area contributed by atoms with Crippen molar-refractivity contribution in [3.63, 3.8) is 0 Å². The Morgan fingerprint density at radius 1 is 1.06 bits per heavy atom. The minimum absolute atomic E-state index is 0.222. The van der Waals surface area contributed by atoms with Gasteiger partial charge in [-0.1, -0.05) is 37.5 Å². The van der Waals surface area contributed by atoms with Gasteiger partial charge in [-0.3, -0.25) is 14.6 Å². The fourth-order valence-corrected chi connectivity index (χ4v) is 5.26. The SMILES string of the molecule is COc1ccccc1N1CCN(C(C)CN(C(=O)CC2CCCCC2)c2ccccn2)CC1. The first kappa shape index (κ1) is 23.6. The number of para-hydroxylation sites is 2. The minimum atomic E-state index is 0.222. The lowest BCUT2D eigenvalue weighted by Gasteiger charge is -2.40. The van der Waals surface area contributed by atoms with Crippen LogP contribution in [0.5, 0.6) is 5.75 Å². The summed E-state index contributed by atoms with van der Waals surface area (Å²) >= 11 is 0. The number of carbonyl (C=O) groups excluding carboxylic acids is 1. The molecule has 0 spiro atoms. The normalized spacial score (nSPS) is 18.7. The van der Waals surface area contributed by atoms with E-state index in [1.807, 2.05) is 35.2 Å². The number of hydrogen-bond donors (Lipinski definition) is 0. The Hall–Kier alpha value is -2.60. The molecule has 178 valence electrons. The molecule has 33 heavy (non-hydrogen) atoms. The van der Waals surface area contributed by atoms with Gasteiger partial charge < -0.3 is 9.64 Å². The van der Waals surface area contributed by atoms with Crippen LogP contribution in [0.2, 0.25) is 0 Å². The van der Waals surface area contributed by atoms with Crippen molar-refractivity contribution in [3.05, 3.63) is 48.7 Å². The van der Waals surface area contributed by atoms with Gasteiger partial charge in [0, 0.05) is 51.4 Å². The molecule has 1 saturated heterocycles. The van der Waals surface area contributed by atoms with E-state index < -0.39 is 0 Å². The largest absolute Gasteiger partial charge is 0.495 e. The van der Waals surface area contributed by atoms with Gasteiger partial charge in [0.05, 0.1) is 12.8 Å². The number of rotatable bonds is 8. The van der Waals surface area contributed by atoms with Gasteiger partial charge in [0.25, 0.3) is 0 Å². The van der Waals surface area contributed by atoms with Crippen molar-refractivity contribution in [1.29, 1.82) is 0 Å². The van der Waals surface area contributed by atoms with Gasteiger partial charge in [-0.05, 0) is 49.9 Å². The maximum atomic E-state index is 13.4. The average molecular weight is 451 g/mol. The van der Waals surface area contributed by atoms with Crippen molar-refractivity contribution >= 4 is 17.4 Å². The van der Waals surface area contributed by atoms with E-state index in [1.54, 1.807) is 13.3 Å². The van der Waals surface area contributed by atoms with Gasteiger partial charge in [0.15, 0.2) is 0 Å². The highest BCUT2D eigenvalue weighted by atomic mass is 16.5. The lowest BCUT2D eigenvalue weighted by atomic mass is 9.86. The number of anilines is 2. The van der Waals surface area contributed by atoms with E-state index >= 15 is 0 Å². The molecule has 1 saturated carbocycles. The van der Waals surface area contributed by atoms with Crippen LogP contribution in [0.1, 0.15) is 45.4 Å². The average Bonchev–Trinajstić information content (AvgIpc) is 2.88. The van der Waals surface area contributed by atoms with E-state index in [4.69, 9.17) is 4.74 Å². The molecule has 1 unspecified atom stereocenters. The monoisotopic (exact) mass is 450 g/mol. The number of aromatic nitrogens is 1. The standard InChI is InChI=1S/C27H38N4O2/c1-22(29-16-18-30(19-17-29)24-12-6-7-13-25(24)33-2)21-31(26-14-8-9-15-28-26)27(32)20-23-10-4-3-5-11-23/h6-9,12-15,22-23H,3-5,10-11,16-21H2,1-2H3. The van der Waals surface area contributed by atoms with Gasteiger partial charge in [0.1, 0.15) is 11.6 Å². The molecule has 1 amide bonds. The van der Waals surface area contributed by atoms with Crippen LogP contribution >= 0.6 is 0 Å². The van der Waals surface area contributed by atoms with Crippen molar-refractivity contribution in [3.8, 4) is 5.75 Å². The van der Waals surface area contributed by atoms with Crippen molar-refractivity contribution in [1.82, 2.24) is 9.88 Å². The van der Waals surface area contributed by atoms with Crippen LogP contribution in [0.3, 0.4) is 0 Å². The number of ether oxygens (including phenoxy) is 1. The number of hydrogen-bond acceptors (Lipinski definition) is 5. The van der Waals surface area contributed by atoms with Gasteiger partial charge in [0.2, 0.25) is 5.91 Å². The molecule has 2 heterocycles. The summed E-state index contributed by atoms with van der Waals surface area (Å²) in [5, 5.41) is 0. The number of carbonyl (C=O) groups is 1. The Labute approximate surface area is 198 Å². The maximum absolute atomic E-state index is 13.4. The number of amides is 1. The summed E-state index contributed by atoms with van der Waals surface area (Å²) in [5.41, 5.74) is 1.16. The molecule has 1 aliphatic heterocycles. The Morgan fingerprint density at radius 2 is 1.79 bits per heavy atom. The number of benzene rings is 1. The van der Waals surface area contributed by atoms with Crippen molar-refractivity contribution < 1.29 is 9.53 Å². The molecule has 6 nitrogen and oxygen atoms in total. The second kappa shape index (κ2) is 11.5. The van der Waals surface area contributed by atoms with Crippen LogP contribution in [0, 0.1) is 5.92 Å². The lowest BCUT2D eigenvalue weighted by molar-refractivity contribution is -0.120. The van der Waals surface area contributed by atoms with Gasteiger partial charge in [-0.15, -0.1) is 0 Å². The minimum Gasteiger partial charge on any atom is -0.495 e. The quantitative estimate of drug-likeness (QED) is 0.588. The number of piperazine rings is 1. The molecule has 1 aromatic heterocycles. The van der Waals surface area contributed by atoms with Crippen LogP contribution in [0.4, 0.5) is 11.5 Å². The zero-order chi connectivity index (χ0) is 23.0. The summed E-state index contributed by atoms with van der Waals surface area (Å²) in [4.78, 5) is 24.7. The summed E-state index contributed by atoms with van der Waals surface area (Å²) in [6, 6.07) is 14.3. The second-order valence-electron chi connectivity index (χ2n) is 9.44. The molecule has 0 bridgehead atoms. The van der Waals surface area contributed by atoms with Crippen LogP contribution in [-0.4, -0.2) is 61.7 Å². The Bertz CT molecular complexity index is 877. The smallest absolute Gasteiger partial charge is 0.228 e. The molecule has 1 aliphatic carbocycles. The highest BCUT2D eigenvalue weighted by Crippen LogP contribution is 2.30. The van der Waals surface area contributed by atoms with E-state index in [-0.39, 0.29) is 11.9 Å². The van der Waals surface area contributed by atoms with Crippen LogP contribution in [-0.2, 0) is 4.79 Å². The summed E-state index contributed by atoms with van der Waals surface area (Å²) in [6.07, 6.45) is 8.62. The molecule has 1 atom stereocenters. The van der Waals surface area contributed by atoms with Crippen LogP contribution < -0.4 is 14.5 Å². The fourth-order valence-electron chi connectivity index (χ4n) is 5.26. The molecule has 2 aliphatic rings. The summed E-state index contributed by atoms with van der Waals surface area (Å²) in [7, 11) is 1.73. The molecule has 2 aromatic rings. The molecule has 0 radical (unpaired) electrons. The van der Waals surface area contributed by atoms with Crippen LogP contribution in [0.15, 0.2) is 48.7 Å². The first-order valence-electron chi connectivity index (χ1n) is 12.5. The number of pyridine rings is 1. The van der Waals surface area contributed by atoms with Crippen molar-refractivity contribution in [2.45, 2.75) is 51.5 Å². The molecule has 2 fully saturated rings. The molecule has 6 heteroatoms. The highest BCUT2D eigenvalue weighted by molar-refractivity contribution is 5.92. The van der Waals surface area contributed by atoms with Gasteiger partial charge >= 0.3 is 0 Å². The first-order chi connectivity index (χ1) is 16.2. The lowest BCUT2D eigenvalue weighted by Crippen LogP contribution is -2.53. The third-order valence-electron chi connectivity index (χ3n) is 7.23. The molecule has 1 aromatic carbocycles. The third-order valence-corrected chi connectivity index (χ3v) is 7.23. The summed E-state index contributed by atoms with van der Waals surface area (Å²) in [5.74, 6) is 2.45. The zero-order valence-corrected chi connectivity index (χ0v) is 20.2. The zero-order valence-electron chi connectivity index (χ0n) is 20.2. The second-order valence-corrected chi connectivity index (χ2v) is 9.44. The van der Waals surface area contributed by atoms with Crippen molar-refractivity contribution in [2.75, 3.05) is 49.6 Å². The number of nitrogens with zero attached hydrogens (tertiary/aromatic N) is 4. The van der Waals surface area contributed by atoms with Crippen molar-refractivity contribution in [2.24, 2.45) is 5.92 Å². The molecular weight excluding hydrogens is 412 g/mol. The Morgan fingerprint density at radius 3 is 2.48 bits per heavy atom. The maximum Gasteiger partial charge on any atom is 0.228 e. The number of methoxy groups -OCH3 is 1. The predicted molar refractivity (Wildman–Crippen MR) is 134 cm³/mol. The van der Waals surface area contributed by atoms with E-state index in [9.17, 15) is 4.79 Å². The van der Waals surface area contributed by atoms with Gasteiger partial charge in [-0.25, -0.2) is 4.98 Å². The first-order valence-corrected chi connectivity index (χ1v) is 12.5.